The summed E-state index contributed by atoms with van der Waals surface area (Å²) in [6.45, 7) is 2.12. The first-order chi connectivity index (χ1) is 14.3. The third kappa shape index (κ3) is 2.59. The first-order valence-corrected chi connectivity index (χ1v) is 10.1. The van der Waals surface area contributed by atoms with Crippen molar-refractivity contribution in [2.24, 2.45) is 0 Å². The van der Waals surface area contributed by atoms with Crippen LogP contribution in [-0.2, 0) is 0 Å². The van der Waals surface area contributed by atoms with Gasteiger partial charge in [0.2, 0.25) is 0 Å². The van der Waals surface area contributed by atoms with Crippen molar-refractivity contribution in [3.05, 3.63) is 66.1 Å². The van der Waals surface area contributed by atoms with Crippen molar-refractivity contribution in [1.29, 1.82) is 0 Å². The fourth-order valence-electron chi connectivity index (χ4n) is 3.76. The number of nitrogens with one attached hydrogen (secondary N) is 3. The Labute approximate surface area is 169 Å². The van der Waals surface area contributed by atoms with Gasteiger partial charge in [-0.3, -0.25) is 15.2 Å². The molecule has 0 radical (unpaired) electrons. The van der Waals surface area contributed by atoms with Crippen LogP contribution in [0.2, 0.25) is 0 Å². The molecule has 0 atom stereocenters. The van der Waals surface area contributed by atoms with Gasteiger partial charge < -0.3 is 4.98 Å². The molecule has 0 saturated carbocycles. The van der Waals surface area contributed by atoms with Gasteiger partial charge in [0.1, 0.15) is 5.69 Å². The maximum atomic E-state index is 4.59. The van der Waals surface area contributed by atoms with Crippen LogP contribution < -0.4 is 0 Å². The number of aryl methyl sites for hydroxylation is 1. The number of hydrogen-bond acceptors (Lipinski definition) is 4. The number of thiophene rings is 1. The van der Waals surface area contributed by atoms with Crippen LogP contribution in [-0.4, -0.2) is 30.4 Å². The van der Waals surface area contributed by atoms with Gasteiger partial charge in [0.25, 0.3) is 0 Å². The molecule has 0 spiro atoms. The maximum Gasteiger partial charge on any atom is 0.116 e. The first kappa shape index (κ1) is 16.3. The largest absolute Gasteiger partial charge is 0.352 e. The van der Waals surface area contributed by atoms with Crippen molar-refractivity contribution in [2.45, 2.75) is 6.92 Å². The molecular weight excluding hydrogens is 380 g/mol. The topological polar surface area (TPSA) is 86.0 Å². The SMILES string of the molecule is Cc1ccc(-c2cncc3[nH]c(-c4n[nH]c5ccc(-c6cn[nH]c6)cc45)cc23)s1. The molecule has 29 heavy (non-hydrogen) atoms. The van der Waals surface area contributed by atoms with E-state index in [4.69, 9.17) is 0 Å². The van der Waals surface area contributed by atoms with E-state index in [1.54, 1.807) is 11.3 Å². The van der Waals surface area contributed by atoms with Crippen LogP contribution in [0.4, 0.5) is 0 Å². The molecule has 6 rings (SSSR count). The zero-order valence-corrected chi connectivity index (χ0v) is 16.3. The summed E-state index contributed by atoms with van der Waals surface area (Å²) in [5.74, 6) is 0. The molecular formula is C22H16N6S. The third-order valence-corrected chi connectivity index (χ3v) is 6.23. The van der Waals surface area contributed by atoms with Crippen molar-refractivity contribution in [3.8, 4) is 33.0 Å². The number of aromatic nitrogens is 6. The lowest BCUT2D eigenvalue weighted by Gasteiger charge is -1.99. The van der Waals surface area contributed by atoms with Gasteiger partial charge in [-0.05, 0) is 42.8 Å². The summed E-state index contributed by atoms with van der Waals surface area (Å²) in [5.41, 5.74) is 7.16. The molecule has 0 bridgehead atoms. The van der Waals surface area contributed by atoms with Gasteiger partial charge in [-0.2, -0.15) is 10.2 Å². The quantitative estimate of drug-likeness (QED) is 0.367. The van der Waals surface area contributed by atoms with Gasteiger partial charge in [-0.1, -0.05) is 6.07 Å². The lowest BCUT2D eigenvalue weighted by Crippen LogP contribution is -1.79. The number of fused-ring (bicyclic) bond motifs is 2. The van der Waals surface area contributed by atoms with Gasteiger partial charge in [-0.25, -0.2) is 0 Å². The standard InChI is InChI=1S/C22H16N6S/c1-12-2-5-21(29-12)17-10-23-11-20-15(17)7-19(26-20)22-16-6-13(14-8-24-25-9-14)3-4-18(16)27-28-22/h2-11,26H,1H3,(H,24,25)(H,27,28). The van der Waals surface area contributed by atoms with Gasteiger partial charge in [0, 0.05) is 44.0 Å². The number of benzene rings is 1. The molecule has 6 aromatic rings. The highest BCUT2D eigenvalue weighted by atomic mass is 32.1. The predicted molar refractivity (Wildman–Crippen MR) is 117 cm³/mol. The van der Waals surface area contributed by atoms with E-state index in [1.807, 2.05) is 24.8 Å². The van der Waals surface area contributed by atoms with Crippen LogP contribution in [0.15, 0.2) is 61.2 Å². The van der Waals surface area contributed by atoms with Crippen LogP contribution >= 0.6 is 11.3 Å². The average molecular weight is 396 g/mol. The highest BCUT2D eigenvalue weighted by Gasteiger charge is 2.15. The molecule has 0 aliphatic rings. The molecule has 5 aromatic heterocycles. The van der Waals surface area contributed by atoms with E-state index in [0.717, 1.165) is 49.9 Å². The Kier molecular flexibility index (Phi) is 3.45. The second kappa shape index (κ2) is 6.15. The van der Waals surface area contributed by atoms with Gasteiger partial charge in [-0.15, -0.1) is 11.3 Å². The highest BCUT2D eigenvalue weighted by Crippen LogP contribution is 2.36. The fourth-order valence-corrected chi connectivity index (χ4v) is 4.65. The lowest BCUT2D eigenvalue weighted by molar-refractivity contribution is 1.09. The molecule has 0 aliphatic carbocycles. The van der Waals surface area contributed by atoms with Crippen molar-refractivity contribution < 1.29 is 0 Å². The molecule has 1 aromatic carbocycles. The summed E-state index contributed by atoms with van der Waals surface area (Å²) >= 11 is 1.78. The first-order valence-electron chi connectivity index (χ1n) is 9.27. The number of hydrogen-bond donors (Lipinski definition) is 3. The Hall–Kier alpha value is -3.71. The Morgan fingerprint density at radius 1 is 0.897 bits per heavy atom. The molecule has 7 heteroatoms. The van der Waals surface area contributed by atoms with Crippen LogP contribution in [0.1, 0.15) is 4.88 Å². The Morgan fingerprint density at radius 2 is 1.86 bits per heavy atom. The second-order valence-electron chi connectivity index (χ2n) is 7.06. The maximum absolute atomic E-state index is 4.59. The van der Waals surface area contributed by atoms with Crippen LogP contribution in [0.3, 0.4) is 0 Å². The summed E-state index contributed by atoms with van der Waals surface area (Å²) in [5, 5.41) is 16.9. The number of rotatable bonds is 3. The predicted octanol–water partition coefficient (Wildman–Crippen LogP) is 5.53. The molecule has 6 nitrogen and oxygen atoms in total. The van der Waals surface area contributed by atoms with Crippen molar-refractivity contribution in [3.63, 3.8) is 0 Å². The normalized spacial score (nSPS) is 11.6. The smallest absolute Gasteiger partial charge is 0.116 e. The molecule has 3 N–H and O–H groups in total. The summed E-state index contributed by atoms with van der Waals surface area (Å²) in [4.78, 5) is 10.5. The molecule has 0 aliphatic heterocycles. The average Bonchev–Trinajstić information content (AvgIpc) is 3.51. The molecule has 0 unspecified atom stereocenters. The number of H-pyrrole nitrogens is 3. The van der Waals surface area contributed by atoms with E-state index in [-0.39, 0.29) is 0 Å². The number of aromatic amines is 3. The van der Waals surface area contributed by atoms with Crippen LogP contribution in [0, 0.1) is 6.92 Å². The Bertz CT molecular complexity index is 1470. The zero-order valence-electron chi connectivity index (χ0n) is 15.5. The molecule has 5 heterocycles. The monoisotopic (exact) mass is 396 g/mol. The second-order valence-corrected chi connectivity index (χ2v) is 8.35. The molecule has 0 amide bonds. The van der Waals surface area contributed by atoms with Crippen LogP contribution in [0.25, 0.3) is 54.8 Å². The lowest BCUT2D eigenvalue weighted by atomic mass is 10.1. The van der Waals surface area contributed by atoms with Crippen molar-refractivity contribution in [1.82, 2.24) is 30.4 Å². The van der Waals surface area contributed by atoms with Crippen molar-refractivity contribution in [2.75, 3.05) is 0 Å². The Morgan fingerprint density at radius 3 is 2.69 bits per heavy atom. The van der Waals surface area contributed by atoms with E-state index < -0.39 is 0 Å². The third-order valence-electron chi connectivity index (χ3n) is 5.20. The summed E-state index contributed by atoms with van der Waals surface area (Å²) in [6.07, 6.45) is 7.52. The summed E-state index contributed by atoms with van der Waals surface area (Å²) < 4.78 is 0. The summed E-state index contributed by atoms with van der Waals surface area (Å²) in [7, 11) is 0. The van der Waals surface area contributed by atoms with E-state index >= 15 is 0 Å². The van der Waals surface area contributed by atoms with Gasteiger partial charge in [0.15, 0.2) is 0 Å². The molecule has 140 valence electrons. The van der Waals surface area contributed by atoms with E-state index in [0.29, 0.717) is 0 Å². The molecule has 0 saturated heterocycles. The van der Waals surface area contributed by atoms with Gasteiger partial charge >= 0.3 is 0 Å². The van der Waals surface area contributed by atoms with Gasteiger partial charge in [0.05, 0.1) is 29.1 Å². The highest BCUT2D eigenvalue weighted by molar-refractivity contribution is 7.15. The number of nitrogens with zero attached hydrogens (tertiary/aromatic N) is 3. The van der Waals surface area contributed by atoms with E-state index in [1.165, 1.54) is 9.75 Å². The van der Waals surface area contributed by atoms with E-state index in [2.05, 4.69) is 73.7 Å². The van der Waals surface area contributed by atoms with Crippen LogP contribution in [0.5, 0.6) is 0 Å². The minimum absolute atomic E-state index is 0.898. The fraction of sp³-hybridized carbons (Fsp3) is 0.0455. The summed E-state index contributed by atoms with van der Waals surface area (Å²) in [6, 6.07) is 12.7. The zero-order chi connectivity index (χ0) is 19.4. The number of pyridine rings is 1. The minimum atomic E-state index is 0.898. The minimum Gasteiger partial charge on any atom is -0.352 e. The molecule has 0 fully saturated rings. The van der Waals surface area contributed by atoms with Crippen molar-refractivity contribution >= 4 is 33.1 Å². The Balaban J connectivity index is 1.53. The van der Waals surface area contributed by atoms with E-state index in [9.17, 15) is 0 Å².